The maximum absolute atomic E-state index is 14.6. The first-order chi connectivity index (χ1) is 49.9. The van der Waals surface area contributed by atoms with E-state index in [-0.39, 0.29) is 150 Å². The smallest absolute Gasteiger partial charge is 0.326 e. The van der Waals surface area contributed by atoms with Gasteiger partial charge in [0.1, 0.15) is 60.1 Å². The number of nitrogens with zero attached hydrogens (tertiary/aromatic N) is 4. The molecule has 1 aliphatic rings. The SMILES string of the molecule is CC(C)C[C@@H]1NC(=O)CNC(=O)CNC(=O)CNC(=O)[C@@H](NC(=O)[C@H](CCCN=C(N)N)NC(=O)CNC(=O)[C@H](CCCN=C(N)N)NC(=O)[C@H](CCCN=C(N)N)NC(=O)[C@@H](N)Cc2ccc(O)cc2)CSSC[C@@H](C(=O)N[C@@H](CC(C)C)C(=O)N[C@@H](C)C(=O)N[C@@H](CCCN=C(N)N)C(=O)O)NC1=O. The van der Waals surface area contributed by atoms with Gasteiger partial charge < -0.3 is 131 Å². The fourth-order valence-electron chi connectivity index (χ4n) is 9.66. The molecular formula is C62H106N26O16S2. The summed E-state index contributed by atoms with van der Waals surface area (Å²) in [7, 11) is 1.75. The van der Waals surface area contributed by atoms with E-state index in [1.807, 2.05) is 0 Å². The average Bonchev–Trinajstić information content (AvgIpc) is 0.877. The molecule has 0 unspecified atom stereocenters. The number of aliphatic carboxylic acids is 1. The van der Waals surface area contributed by atoms with Crippen LogP contribution in [0.1, 0.15) is 104 Å². The lowest BCUT2D eigenvalue weighted by molar-refractivity contribution is -0.142. The van der Waals surface area contributed by atoms with E-state index in [9.17, 15) is 77.3 Å². The normalized spacial score (nSPS) is 17.4. The number of guanidine groups is 4. The number of aromatic hydroxyl groups is 1. The summed E-state index contributed by atoms with van der Waals surface area (Å²) < 4.78 is 0. The van der Waals surface area contributed by atoms with Crippen molar-refractivity contribution in [2.45, 2.75) is 166 Å². The molecule has 1 heterocycles. The minimum absolute atomic E-state index is 0.00834. The van der Waals surface area contributed by atoms with Gasteiger partial charge in [-0.3, -0.25) is 82.3 Å². The van der Waals surface area contributed by atoms with Crippen LogP contribution in [-0.2, 0) is 73.5 Å². The van der Waals surface area contributed by atoms with Crippen molar-refractivity contribution in [3.8, 4) is 5.75 Å². The van der Waals surface area contributed by atoms with Gasteiger partial charge in [-0.15, -0.1) is 0 Å². The number of amides is 13. The van der Waals surface area contributed by atoms with Gasteiger partial charge in [-0.2, -0.15) is 0 Å². The molecule has 106 heavy (non-hydrogen) atoms. The van der Waals surface area contributed by atoms with Gasteiger partial charge in [-0.25, -0.2) is 4.79 Å². The molecule has 42 nitrogen and oxygen atoms in total. The molecule has 1 aliphatic heterocycles. The van der Waals surface area contributed by atoms with Crippen LogP contribution in [0.25, 0.3) is 0 Å². The van der Waals surface area contributed by atoms with Crippen LogP contribution >= 0.6 is 21.6 Å². The first-order valence-electron chi connectivity index (χ1n) is 34.0. The summed E-state index contributed by atoms with van der Waals surface area (Å²) in [6.07, 6.45) is -0.0613. The van der Waals surface area contributed by atoms with E-state index >= 15 is 0 Å². The number of hydrogen-bond acceptors (Lipinski definition) is 22. The summed E-state index contributed by atoms with van der Waals surface area (Å²) >= 11 is 0. The van der Waals surface area contributed by atoms with Crippen molar-refractivity contribution in [3.63, 3.8) is 0 Å². The van der Waals surface area contributed by atoms with E-state index in [4.69, 9.17) is 51.6 Å². The molecule has 44 heteroatoms. The Morgan fingerprint density at radius 3 is 1.49 bits per heavy atom. The maximum Gasteiger partial charge on any atom is 0.326 e. The van der Waals surface area contributed by atoms with Crippen molar-refractivity contribution in [1.29, 1.82) is 0 Å². The molecule has 33 N–H and O–H groups in total. The topological polar surface area (TPSA) is 719 Å². The largest absolute Gasteiger partial charge is 0.508 e. The molecule has 1 aromatic carbocycles. The number of phenolic OH excluding ortho intramolecular Hbond substituents is 1. The Morgan fingerprint density at radius 1 is 0.519 bits per heavy atom. The minimum atomic E-state index is -1.59. The molecule has 1 aromatic rings. The lowest BCUT2D eigenvalue weighted by atomic mass is 10.0. The Kier molecular flexibility index (Phi) is 42.4. The molecule has 0 aliphatic carbocycles. The summed E-state index contributed by atoms with van der Waals surface area (Å²) in [6.45, 7) is 5.31. The number of hydrogen-bond donors (Lipinski definition) is 24. The lowest BCUT2D eigenvalue weighted by Gasteiger charge is -2.27. The molecule has 2 rings (SSSR count). The fourth-order valence-corrected chi connectivity index (χ4v) is 12.0. The predicted molar refractivity (Wildman–Crippen MR) is 396 cm³/mol. The van der Waals surface area contributed by atoms with Crippen molar-refractivity contribution < 1.29 is 77.3 Å². The number of carbonyl (C=O) groups excluding carboxylic acids is 13. The van der Waals surface area contributed by atoms with Gasteiger partial charge in [-0.05, 0) is 107 Å². The zero-order chi connectivity index (χ0) is 79.6. The van der Waals surface area contributed by atoms with E-state index in [1.54, 1.807) is 39.8 Å². The molecule has 1 saturated heterocycles. The van der Waals surface area contributed by atoms with Gasteiger partial charge in [0.2, 0.25) is 76.8 Å². The van der Waals surface area contributed by atoms with Crippen LogP contribution in [0.4, 0.5) is 0 Å². The first kappa shape index (κ1) is 91.4. The first-order valence-corrected chi connectivity index (χ1v) is 36.5. The average molecular weight is 1540 g/mol. The molecule has 0 aromatic heterocycles. The predicted octanol–water partition coefficient (Wildman–Crippen LogP) is -9.10. The van der Waals surface area contributed by atoms with Gasteiger partial charge in [0, 0.05) is 37.7 Å². The number of nitrogens with two attached hydrogens (primary N) is 9. The van der Waals surface area contributed by atoms with Crippen molar-refractivity contribution in [3.05, 3.63) is 29.8 Å². The Balaban J connectivity index is 2.57. The summed E-state index contributed by atoms with van der Waals surface area (Å²) in [5.41, 5.74) is 50.7. The van der Waals surface area contributed by atoms with E-state index in [1.165, 1.54) is 19.1 Å². The molecule has 0 spiro atoms. The highest BCUT2D eigenvalue weighted by atomic mass is 33.1. The highest BCUT2D eigenvalue weighted by molar-refractivity contribution is 8.76. The van der Waals surface area contributed by atoms with E-state index in [2.05, 4.69) is 89.1 Å². The van der Waals surface area contributed by atoms with Gasteiger partial charge in [0.05, 0.1) is 32.2 Å². The second-order valence-electron chi connectivity index (χ2n) is 25.3. The Labute approximate surface area is 620 Å². The van der Waals surface area contributed by atoms with Gasteiger partial charge in [0.15, 0.2) is 23.8 Å². The summed E-state index contributed by atoms with van der Waals surface area (Å²) in [4.78, 5) is 207. The van der Waals surface area contributed by atoms with Crippen molar-refractivity contribution in [2.24, 2.45) is 83.4 Å². The van der Waals surface area contributed by atoms with Gasteiger partial charge in [0.25, 0.3) is 0 Å². The second-order valence-corrected chi connectivity index (χ2v) is 27.8. The number of carboxylic acid groups (broad SMARTS) is 1. The van der Waals surface area contributed by atoms with Crippen molar-refractivity contribution in [2.75, 3.05) is 63.9 Å². The van der Waals surface area contributed by atoms with Gasteiger partial charge in [-0.1, -0.05) is 61.4 Å². The Morgan fingerprint density at radius 2 is 0.981 bits per heavy atom. The van der Waals surface area contributed by atoms with Crippen molar-refractivity contribution >= 4 is 128 Å². The molecule has 10 atom stereocenters. The molecule has 13 amide bonds. The molecule has 0 radical (unpaired) electrons. The molecule has 592 valence electrons. The number of phenols is 1. The molecular weight excluding hydrogens is 1430 g/mol. The third kappa shape index (κ3) is 39.3. The third-order valence-corrected chi connectivity index (χ3v) is 17.5. The number of carboxylic acids is 1. The van der Waals surface area contributed by atoms with Crippen molar-refractivity contribution in [1.82, 2.24) is 69.1 Å². The minimum Gasteiger partial charge on any atom is -0.508 e. The Bertz CT molecular complexity index is 3260. The standard InChI is InChI=1S/C62H106N26O16S2/c1-31(2)22-41-56(101)88-44(57(102)86-42(23-32(3)4)55(100)80-33(5)49(94)85-40(58(103)104)13-9-21-75-62(70)71)30-106-105-29-43(52(97)78-26-46(91)76-25-45(90)77-27-47(92)82-41)87-53(98)38(11-7-19-73-60(66)67)81-48(93)28-79-51(96)37(10-6-18-72-59(64)65)84-54(99)39(12-8-20-74-61(68)69)83-50(95)36(63)24-34-14-16-35(89)17-15-34/h14-17,31-33,36-44,89H,6-13,18-30,63H2,1-5H3,(H,76,91)(H,77,90)(H,78,97)(H,79,96)(H,80,100)(H,81,93)(H,82,92)(H,83,95)(H,84,99)(H,85,94)(H,86,102)(H,87,98)(H,88,101)(H,103,104)(H4,64,65,72)(H4,66,67,73)(H4,68,69,74)(H4,70,71,75)/t33-,36-,37-,38-,39-,40-,41-,42-,43-,44-/m0/s1. The summed E-state index contributed by atoms with van der Waals surface area (Å²) in [5.74, 6) is -15.4. The highest BCUT2D eigenvalue weighted by Crippen LogP contribution is 2.24. The monoisotopic (exact) mass is 1530 g/mol. The number of carbonyl (C=O) groups is 14. The quantitative estimate of drug-likeness (QED) is 0.0126. The van der Waals surface area contributed by atoms with Crippen LogP contribution < -0.4 is 121 Å². The molecule has 0 bridgehead atoms. The van der Waals surface area contributed by atoms with E-state index in [0.717, 1.165) is 21.6 Å². The summed E-state index contributed by atoms with van der Waals surface area (Å²) in [6, 6.07) is -8.14. The lowest BCUT2D eigenvalue weighted by Crippen LogP contribution is -2.59. The second kappa shape index (κ2) is 49.1. The van der Waals surface area contributed by atoms with Crippen LogP contribution in [0, 0.1) is 11.8 Å². The molecule has 1 fully saturated rings. The van der Waals surface area contributed by atoms with E-state index < -0.39 is 169 Å². The van der Waals surface area contributed by atoms with Crippen LogP contribution in [0.5, 0.6) is 5.75 Å². The van der Waals surface area contributed by atoms with Crippen LogP contribution in [-0.4, -0.2) is 241 Å². The third-order valence-electron chi connectivity index (χ3n) is 15.1. The summed E-state index contributed by atoms with van der Waals surface area (Å²) in [5, 5.41) is 51.9. The number of aliphatic imine (C=N–C) groups is 4. The zero-order valence-electron chi connectivity index (χ0n) is 60.0. The fraction of sp³-hybridized carbons (Fsp3) is 0.613. The van der Waals surface area contributed by atoms with Crippen LogP contribution in [0.3, 0.4) is 0 Å². The maximum atomic E-state index is 14.6. The number of nitrogens with one attached hydrogen (secondary N) is 13. The Hall–Kier alpha value is -10.7. The van der Waals surface area contributed by atoms with Gasteiger partial charge >= 0.3 is 5.97 Å². The van der Waals surface area contributed by atoms with E-state index in [0.29, 0.717) is 5.56 Å². The van der Waals surface area contributed by atoms with Crippen LogP contribution in [0.15, 0.2) is 44.2 Å². The number of rotatable bonds is 39. The van der Waals surface area contributed by atoms with Crippen LogP contribution in [0.2, 0.25) is 0 Å². The zero-order valence-corrected chi connectivity index (χ0v) is 61.6. The molecule has 0 saturated carbocycles. The number of benzene rings is 1. The highest BCUT2D eigenvalue weighted by Gasteiger charge is 2.35.